The molecule has 0 spiro atoms. The maximum atomic E-state index is 6.94. The summed E-state index contributed by atoms with van der Waals surface area (Å²) in [4.78, 5) is 0. The predicted octanol–water partition coefficient (Wildman–Crippen LogP) is 15.7. The molecular formula is C56H44Br4O4. The Morgan fingerprint density at radius 3 is 0.594 bits per heavy atom. The lowest BCUT2D eigenvalue weighted by molar-refractivity contribution is 0.293. The average molecular weight is 1100 g/mol. The molecule has 9 rings (SSSR count). The molecule has 0 radical (unpaired) electrons. The van der Waals surface area contributed by atoms with E-state index < -0.39 is 0 Å². The van der Waals surface area contributed by atoms with Crippen molar-refractivity contribution in [1.82, 2.24) is 0 Å². The van der Waals surface area contributed by atoms with Crippen molar-refractivity contribution in [3.63, 3.8) is 0 Å². The van der Waals surface area contributed by atoms with Crippen LogP contribution in [-0.2, 0) is 52.1 Å². The van der Waals surface area contributed by atoms with Gasteiger partial charge in [0.2, 0.25) is 0 Å². The molecule has 8 aromatic rings. The third kappa shape index (κ3) is 11.0. The van der Waals surface area contributed by atoms with Gasteiger partial charge in [0.05, 0.1) is 0 Å². The van der Waals surface area contributed by atoms with Crippen molar-refractivity contribution in [2.75, 3.05) is 0 Å². The smallest absolute Gasteiger partial charge is 0.126 e. The normalized spacial score (nSPS) is 12.1. The number of hydrogen-bond donors (Lipinski definition) is 0. The van der Waals surface area contributed by atoms with Crippen molar-refractivity contribution >= 4 is 63.7 Å². The van der Waals surface area contributed by atoms with Crippen LogP contribution < -0.4 is 18.9 Å². The fraction of sp³-hybridized carbons (Fsp3) is 0.143. The third-order valence-corrected chi connectivity index (χ3v) is 13.5. The topological polar surface area (TPSA) is 36.9 Å². The first-order valence-electron chi connectivity index (χ1n) is 21.2. The van der Waals surface area contributed by atoms with E-state index in [-0.39, 0.29) is 0 Å². The zero-order chi connectivity index (χ0) is 43.8. The minimum Gasteiger partial charge on any atom is -0.488 e. The Bertz CT molecular complexity index is 2380. The van der Waals surface area contributed by atoms with Crippen LogP contribution >= 0.6 is 63.7 Å². The van der Waals surface area contributed by atoms with Gasteiger partial charge in [0.15, 0.2) is 0 Å². The minimum absolute atomic E-state index is 0.425. The molecule has 8 heteroatoms. The van der Waals surface area contributed by atoms with E-state index in [1.54, 1.807) is 0 Å². The molecule has 0 aromatic heterocycles. The molecule has 0 saturated carbocycles. The number of fused-ring (bicyclic) bond motifs is 8. The molecule has 8 aromatic carbocycles. The SMILES string of the molecule is Brc1ccc(COc2c3cccc2Cc2cccc(c2OCc2ccc(Br)cc2)Cc2cccc(c2OCc2ccc(Br)cc2)Cc2cccc(c2OCc2ccc(Br)cc2)C3)cc1. The number of rotatable bonds is 12. The van der Waals surface area contributed by atoms with Crippen LogP contribution in [0.15, 0.2) is 188 Å². The van der Waals surface area contributed by atoms with Gasteiger partial charge < -0.3 is 18.9 Å². The standard InChI is InChI=1S/C56H44Br4O4/c57-49-21-13-37(14-22-49)33-61-53-41-5-1-6-42(53)30-44-8-3-10-46(55(44)63-35-39-17-25-51(59)26-18-39)32-48-12-4-11-47(56(48)64-36-40-19-27-52(60)28-20-40)31-45-9-2-7-43(29-41)54(45)62-34-38-15-23-50(58)24-16-38/h1-28H,29-36H2. The molecule has 8 bridgehead atoms. The van der Waals surface area contributed by atoms with Gasteiger partial charge in [-0.25, -0.2) is 0 Å². The van der Waals surface area contributed by atoms with Gasteiger partial charge in [0.25, 0.3) is 0 Å². The summed E-state index contributed by atoms with van der Waals surface area (Å²) in [6.45, 7) is 1.70. The first-order chi connectivity index (χ1) is 31.3. The summed E-state index contributed by atoms with van der Waals surface area (Å²) in [5.74, 6) is 3.50. The van der Waals surface area contributed by atoms with Gasteiger partial charge in [-0.2, -0.15) is 0 Å². The maximum Gasteiger partial charge on any atom is 0.126 e. The highest BCUT2D eigenvalue weighted by Gasteiger charge is 2.22. The van der Waals surface area contributed by atoms with Crippen LogP contribution in [0.4, 0.5) is 0 Å². The van der Waals surface area contributed by atoms with Gasteiger partial charge in [-0.05, 0) is 115 Å². The van der Waals surface area contributed by atoms with Crippen molar-refractivity contribution in [1.29, 1.82) is 0 Å². The Morgan fingerprint density at radius 2 is 0.422 bits per heavy atom. The predicted molar refractivity (Wildman–Crippen MR) is 271 cm³/mol. The first-order valence-corrected chi connectivity index (χ1v) is 24.4. The highest BCUT2D eigenvalue weighted by Crippen LogP contribution is 2.40. The molecule has 0 saturated heterocycles. The molecule has 0 amide bonds. The summed E-state index contributed by atoms with van der Waals surface area (Å²) >= 11 is 14.4. The second kappa shape index (κ2) is 20.8. The lowest BCUT2D eigenvalue weighted by Gasteiger charge is -2.23. The van der Waals surface area contributed by atoms with E-state index in [4.69, 9.17) is 18.9 Å². The first kappa shape index (κ1) is 44.1. The Morgan fingerprint density at radius 1 is 0.250 bits per heavy atom. The van der Waals surface area contributed by atoms with E-state index in [0.717, 1.165) is 108 Å². The minimum atomic E-state index is 0.425. The Hall–Kier alpha value is -5.12. The maximum absolute atomic E-state index is 6.94. The summed E-state index contributed by atoms with van der Waals surface area (Å²) in [7, 11) is 0. The number of halogens is 4. The average Bonchev–Trinajstić information content (AvgIpc) is 3.30. The van der Waals surface area contributed by atoms with Crippen molar-refractivity contribution in [3.8, 4) is 23.0 Å². The fourth-order valence-electron chi connectivity index (χ4n) is 8.17. The van der Waals surface area contributed by atoms with E-state index in [9.17, 15) is 0 Å². The number of benzene rings is 8. The molecule has 1 aliphatic carbocycles. The van der Waals surface area contributed by atoms with Crippen LogP contribution in [-0.4, -0.2) is 0 Å². The molecular weight excluding hydrogens is 1060 g/mol. The van der Waals surface area contributed by atoms with Crippen molar-refractivity contribution < 1.29 is 18.9 Å². The third-order valence-electron chi connectivity index (χ3n) is 11.4. The van der Waals surface area contributed by atoms with Gasteiger partial charge in [-0.1, -0.05) is 185 Å². The van der Waals surface area contributed by atoms with Crippen LogP contribution in [0.2, 0.25) is 0 Å². The zero-order valence-electron chi connectivity index (χ0n) is 35.0. The van der Waals surface area contributed by atoms with Crippen molar-refractivity contribution in [3.05, 3.63) is 255 Å². The monoisotopic (exact) mass is 1100 g/mol. The van der Waals surface area contributed by atoms with Crippen LogP contribution in [0.3, 0.4) is 0 Å². The molecule has 4 nitrogen and oxygen atoms in total. The molecule has 320 valence electrons. The summed E-state index contributed by atoms with van der Waals surface area (Å²) in [6, 6.07) is 59.4. The van der Waals surface area contributed by atoms with Gasteiger partial charge in [-0.15, -0.1) is 0 Å². The van der Waals surface area contributed by atoms with E-state index in [2.05, 4.69) is 234 Å². The molecule has 0 unspecified atom stereocenters. The summed E-state index contributed by atoms with van der Waals surface area (Å²) in [6.07, 6.45) is 2.42. The Kier molecular flexibility index (Phi) is 14.3. The van der Waals surface area contributed by atoms with Gasteiger partial charge in [0, 0.05) is 43.6 Å². The molecule has 0 N–H and O–H groups in total. The molecule has 0 aliphatic heterocycles. The zero-order valence-corrected chi connectivity index (χ0v) is 41.3. The highest BCUT2D eigenvalue weighted by molar-refractivity contribution is 9.11. The van der Waals surface area contributed by atoms with Crippen molar-refractivity contribution in [2.24, 2.45) is 0 Å². The quantitative estimate of drug-likeness (QED) is 0.122. The second-order valence-corrected chi connectivity index (χ2v) is 19.7. The molecule has 0 fully saturated rings. The second-order valence-electron chi connectivity index (χ2n) is 16.0. The van der Waals surface area contributed by atoms with Crippen LogP contribution in [0.25, 0.3) is 0 Å². The molecule has 1 aliphatic rings. The van der Waals surface area contributed by atoms with Crippen LogP contribution in [0, 0.1) is 0 Å². The Balaban J connectivity index is 1.19. The largest absolute Gasteiger partial charge is 0.488 e. The lowest BCUT2D eigenvalue weighted by Crippen LogP contribution is -2.09. The van der Waals surface area contributed by atoms with Gasteiger partial charge in [0.1, 0.15) is 49.4 Å². The van der Waals surface area contributed by atoms with Gasteiger partial charge >= 0.3 is 0 Å². The van der Waals surface area contributed by atoms with E-state index in [0.29, 0.717) is 52.1 Å². The van der Waals surface area contributed by atoms with E-state index >= 15 is 0 Å². The van der Waals surface area contributed by atoms with Crippen LogP contribution in [0.5, 0.6) is 23.0 Å². The van der Waals surface area contributed by atoms with Gasteiger partial charge in [-0.3, -0.25) is 0 Å². The van der Waals surface area contributed by atoms with Crippen molar-refractivity contribution in [2.45, 2.75) is 52.1 Å². The van der Waals surface area contributed by atoms with Crippen LogP contribution in [0.1, 0.15) is 66.8 Å². The summed E-state index contributed by atoms with van der Waals surface area (Å²) in [5.41, 5.74) is 13.0. The fourth-order valence-corrected chi connectivity index (χ4v) is 9.23. The van der Waals surface area contributed by atoms with E-state index in [1.807, 2.05) is 0 Å². The highest BCUT2D eigenvalue weighted by atomic mass is 79.9. The molecule has 64 heavy (non-hydrogen) atoms. The summed E-state index contributed by atoms with van der Waals surface area (Å²) in [5, 5.41) is 0. The lowest BCUT2D eigenvalue weighted by atomic mass is 9.91. The van der Waals surface area contributed by atoms with E-state index in [1.165, 1.54) is 0 Å². The number of ether oxygens (including phenoxy) is 4. The number of para-hydroxylation sites is 4. The molecule has 0 heterocycles. The Labute approximate surface area is 409 Å². The summed E-state index contributed by atoms with van der Waals surface area (Å²) < 4.78 is 31.9. The molecule has 0 atom stereocenters. The number of hydrogen-bond acceptors (Lipinski definition) is 4.